The number of aromatic nitrogens is 5. The van der Waals surface area contributed by atoms with Crippen LogP contribution >= 0.6 is 0 Å². The molecule has 3 aromatic rings. The van der Waals surface area contributed by atoms with E-state index in [4.69, 9.17) is 0 Å². The first-order valence-corrected chi connectivity index (χ1v) is 9.53. The molecule has 0 unspecified atom stereocenters. The first-order valence-electron chi connectivity index (χ1n) is 9.53. The lowest BCUT2D eigenvalue weighted by atomic mass is 10.1. The number of piperazine rings is 1. The maximum atomic E-state index is 13.0. The molecule has 0 spiro atoms. The molecule has 1 aliphatic heterocycles. The highest BCUT2D eigenvalue weighted by molar-refractivity contribution is 5.58. The molecule has 1 aliphatic rings. The molecular formula is C19H22F3N7O. The van der Waals surface area contributed by atoms with E-state index in [0.29, 0.717) is 23.9 Å². The Bertz CT molecular complexity index is 1040. The summed E-state index contributed by atoms with van der Waals surface area (Å²) in [6.07, 6.45) is 0.464. The molecule has 11 heteroatoms. The summed E-state index contributed by atoms with van der Waals surface area (Å²) >= 11 is 0. The van der Waals surface area contributed by atoms with E-state index in [-0.39, 0.29) is 5.65 Å². The summed E-state index contributed by atoms with van der Waals surface area (Å²) < 4.78 is 40.4. The number of alkyl halides is 3. The summed E-state index contributed by atoms with van der Waals surface area (Å²) in [6, 6.07) is 1.78. The van der Waals surface area contributed by atoms with Crippen LogP contribution in [0.15, 0.2) is 30.9 Å². The lowest BCUT2D eigenvalue weighted by Crippen LogP contribution is -2.50. The Kier molecular flexibility index (Phi) is 5.10. The van der Waals surface area contributed by atoms with E-state index in [0.717, 1.165) is 38.6 Å². The van der Waals surface area contributed by atoms with Crippen molar-refractivity contribution in [3.8, 4) is 11.5 Å². The molecule has 4 heterocycles. The highest BCUT2D eigenvalue weighted by atomic mass is 19.4. The third kappa shape index (κ3) is 4.36. The molecule has 1 saturated heterocycles. The van der Waals surface area contributed by atoms with Gasteiger partial charge in [0.25, 0.3) is 0 Å². The average molecular weight is 421 g/mol. The standard InChI is InChI=1S/C19H22F3N7O/c1-18(2,30)12-27-5-7-28(8-6-27)15-3-4-23-17(26-15)13-9-25-16-10-24-14(11-29(13)16)19(20,21)22/h3-4,9-11,30H,5-8,12H2,1-2H3. The van der Waals surface area contributed by atoms with Gasteiger partial charge in [-0.15, -0.1) is 0 Å². The monoisotopic (exact) mass is 421 g/mol. The van der Waals surface area contributed by atoms with Crippen LogP contribution in [-0.2, 0) is 6.18 Å². The number of rotatable bonds is 4. The summed E-state index contributed by atoms with van der Waals surface area (Å²) in [7, 11) is 0. The topological polar surface area (TPSA) is 82.7 Å². The summed E-state index contributed by atoms with van der Waals surface area (Å²) in [5.41, 5.74) is -1.11. The Hall–Kier alpha value is -2.79. The fraction of sp³-hybridized carbons (Fsp3) is 0.474. The van der Waals surface area contributed by atoms with Crippen LogP contribution in [-0.4, -0.2) is 72.7 Å². The Balaban J connectivity index is 1.57. The van der Waals surface area contributed by atoms with Gasteiger partial charge in [0.05, 0.1) is 18.0 Å². The van der Waals surface area contributed by atoms with Gasteiger partial charge in [-0.3, -0.25) is 9.30 Å². The Morgan fingerprint density at radius 1 is 1.03 bits per heavy atom. The SMILES string of the molecule is CC(C)(O)CN1CCN(c2ccnc(-c3cnc4cnc(C(F)(F)F)cn34)n2)CC1. The molecule has 160 valence electrons. The molecular weight excluding hydrogens is 399 g/mol. The van der Waals surface area contributed by atoms with E-state index in [9.17, 15) is 18.3 Å². The van der Waals surface area contributed by atoms with Gasteiger partial charge in [0.15, 0.2) is 17.2 Å². The van der Waals surface area contributed by atoms with Crippen LogP contribution in [0.2, 0.25) is 0 Å². The van der Waals surface area contributed by atoms with Crippen molar-refractivity contribution in [2.45, 2.75) is 25.6 Å². The Labute approximate surface area is 171 Å². The molecule has 0 aliphatic carbocycles. The normalized spacial score (nSPS) is 16.4. The third-order valence-corrected chi connectivity index (χ3v) is 4.86. The number of hydrogen-bond acceptors (Lipinski definition) is 7. The number of hydrogen-bond donors (Lipinski definition) is 1. The van der Waals surface area contributed by atoms with Gasteiger partial charge in [-0.05, 0) is 19.9 Å². The van der Waals surface area contributed by atoms with Crippen molar-refractivity contribution >= 4 is 11.5 Å². The zero-order chi connectivity index (χ0) is 21.5. The minimum absolute atomic E-state index is 0.284. The second kappa shape index (κ2) is 7.47. The van der Waals surface area contributed by atoms with Gasteiger partial charge in [-0.1, -0.05) is 0 Å². The van der Waals surface area contributed by atoms with Gasteiger partial charge in [0, 0.05) is 45.1 Å². The zero-order valence-corrected chi connectivity index (χ0v) is 16.6. The molecule has 4 rings (SSSR count). The molecule has 0 radical (unpaired) electrons. The van der Waals surface area contributed by atoms with Gasteiger partial charge in [-0.25, -0.2) is 19.9 Å². The van der Waals surface area contributed by atoms with Crippen LogP contribution in [0.25, 0.3) is 17.2 Å². The molecule has 0 aromatic carbocycles. The number of imidazole rings is 1. The van der Waals surface area contributed by atoms with Crippen molar-refractivity contribution in [1.29, 1.82) is 0 Å². The van der Waals surface area contributed by atoms with Crippen molar-refractivity contribution in [3.05, 3.63) is 36.5 Å². The van der Waals surface area contributed by atoms with Crippen molar-refractivity contribution in [2.24, 2.45) is 0 Å². The molecule has 0 atom stereocenters. The van der Waals surface area contributed by atoms with E-state index >= 15 is 0 Å². The number of β-amino-alcohol motifs (C(OH)–C–C–N with tert-alkyl or cyclic N) is 1. The van der Waals surface area contributed by atoms with Gasteiger partial charge in [0.2, 0.25) is 0 Å². The lowest BCUT2D eigenvalue weighted by Gasteiger charge is -2.37. The highest BCUT2D eigenvalue weighted by Gasteiger charge is 2.33. The van der Waals surface area contributed by atoms with E-state index in [1.54, 1.807) is 26.1 Å². The maximum Gasteiger partial charge on any atom is 0.434 e. The van der Waals surface area contributed by atoms with Crippen LogP contribution in [0.3, 0.4) is 0 Å². The fourth-order valence-corrected chi connectivity index (χ4v) is 3.53. The molecule has 1 N–H and O–H groups in total. The minimum atomic E-state index is -4.55. The number of fused-ring (bicyclic) bond motifs is 1. The molecule has 1 fully saturated rings. The lowest BCUT2D eigenvalue weighted by molar-refractivity contribution is -0.141. The van der Waals surface area contributed by atoms with Crippen LogP contribution in [0.1, 0.15) is 19.5 Å². The number of halogens is 3. The van der Waals surface area contributed by atoms with E-state index in [1.807, 2.05) is 0 Å². The van der Waals surface area contributed by atoms with Gasteiger partial charge in [-0.2, -0.15) is 13.2 Å². The molecule has 30 heavy (non-hydrogen) atoms. The van der Waals surface area contributed by atoms with E-state index in [2.05, 4.69) is 29.7 Å². The predicted octanol–water partition coefficient (Wildman–Crippen LogP) is 2.10. The largest absolute Gasteiger partial charge is 0.434 e. The summed E-state index contributed by atoms with van der Waals surface area (Å²) in [5, 5.41) is 9.99. The summed E-state index contributed by atoms with van der Waals surface area (Å²) in [4.78, 5) is 20.6. The van der Waals surface area contributed by atoms with Crippen LogP contribution in [0.5, 0.6) is 0 Å². The predicted molar refractivity (Wildman–Crippen MR) is 104 cm³/mol. The second-order valence-electron chi connectivity index (χ2n) is 7.96. The summed E-state index contributed by atoms with van der Waals surface area (Å²) in [5.74, 6) is 0.987. The quantitative estimate of drug-likeness (QED) is 0.691. The summed E-state index contributed by atoms with van der Waals surface area (Å²) in [6.45, 7) is 7.16. The number of anilines is 1. The fourth-order valence-electron chi connectivity index (χ4n) is 3.53. The first kappa shape index (κ1) is 20.5. The minimum Gasteiger partial charge on any atom is -0.389 e. The maximum absolute atomic E-state index is 13.0. The molecule has 3 aromatic heterocycles. The average Bonchev–Trinajstić information content (AvgIpc) is 3.10. The van der Waals surface area contributed by atoms with E-state index in [1.165, 1.54) is 10.6 Å². The highest BCUT2D eigenvalue weighted by Crippen LogP contribution is 2.29. The van der Waals surface area contributed by atoms with E-state index < -0.39 is 17.5 Å². The molecule has 0 amide bonds. The van der Waals surface area contributed by atoms with Gasteiger partial charge < -0.3 is 10.0 Å². The molecule has 0 saturated carbocycles. The second-order valence-corrected chi connectivity index (χ2v) is 7.96. The van der Waals surface area contributed by atoms with Crippen LogP contribution in [0, 0.1) is 0 Å². The molecule has 0 bridgehead atoms. The van der Waals surface area contributed by atoms with Crippen LogP contribution in [0.4, 0.5) is 19.0 Å². The Morgan fingerprint density at radius 2 is 1.77 bits per heavy atom. The molecule has 8 nitrogen and oxygen atoms in total. The first-order chi connectivity index (χ1) is 14.1. The van der Waals surface area contributed by atoms with Crippen molar-refractivity contribution in [1.82, 2.24) is 29.2 Å². The van der Waals surface area contributed by atoms with Crippen molar-refractivity contribution < 1.29 is 18.3 Å². The van der Waals surface area contributed by atoms with Crippen LogP contribution < -0.4 is 4.90 Å². The third-order valence-electron chi connectivity index (χ3n) is 4.86. The number of aliphatic hydroxyl groups is 1. The smallest absolute Gasteiger partial charge is 0.389 e. The Morgan fingerprint density at radius 3 is 2.43 bits per heavy atom. The van der Waals surface area contributed by atoms with Crippen molar-refractivity contribution in [2.75, 3.05) is 37.6 Å². The van der Waals surface area contributed by atoms with Gasteiger partial charge >= 0.3 is 6.18 Å². The van der Waals surface area contributed by atoms with Gasteiger partial charge in [0.1, 0.15) is 11.5 Å². The zero-order valence-electron chi connectivity index (χ0n) is 16.6. The van der Waals surface area contributed by atoms with Crippen molar-refractivity contribution in [3.63, 3.8) is 0 Å². The number of nitrogens with zero attached hydrogens (tertiary/aromatic N) is 7.